The van der Waals surface area contributed by atoms with Gasteiger partial charge in [0.05, 0.1) is 17.5 Å². The van der Waals surface area contributed by atoms with E-state index in [0.717, 1.165) is 11.1 Å². The molecule has 4 aromatic rings. The van der Waals surface area contributed by atoms with Crippen LogP contribution >= 0.6 is 46.1 Å². The quantitative estimate of drug-likeness (QED) is 0.224. The third-order valence-corrected chi connectivity index (χ3v) is 9.03. The predicted octanol–water partition coefficient (Wildman–Crippen LogP) is 7.63. The highest BCUT2D eigenvalue weighted by Crippen LogP contribution is 2.50. The number of rotatable bonds is 6. The maximum atomic E-state index is 13.8. The van der Waals surface area contributed by atoms with Crippen LogP contribution in [0.4, 0.5) is 0 Å². The Bertz CT molecular complexity index is 1510. The molecule has 200 valence electrons. The Morgan fingerprint density at radius 1 is 0.923 bits per heavy atom. The molecule has 1 aromatic heterocycles. The van der Waals surface area contributed by atoms with E-state index in [-0.39, 0.29) is 10.8 Å². The monoisotopic (exact) mass is 598 g/mol. The summed E-state index contributed by atoms with van der Waals surface area (Å²) in [6, 6.07) is 22.1. The van der Waals surface area contributed by atoms with Crippen LogP contribution in [0, 0.1) is 0 Å². The van der Waals surface area contributed by atoms with Crippen LogP contribution in [0.25, 0.3) is 21.6 Å². The Balaban J connectivity index is 1.59. The topological polar surface area (TPSA) is 67.4 Å². The first kappa shape index (κ1) is 27.7. The Labute approximate surface area is 246 Å². The fraction of sp³-hybridized carbons (Fsp3) is 0.200. The summed E-state index contributed by atoms with van der Waals surface area (Å²) < 4.78 is 5.81. The zero-order chi connectivity index (χ0) is 27.6. The Hall–Kier alpha value is -2.87. The Morgan fingerprint density at radius 3 is 2.23 bits per heavy atom. The van der Waals surface area contributed by atoms with Gasteiger partial charge in [-0.2, -0.15) is 0 Å². The van der Waals surface area contributed by atoms with Gasteiger partial charge in [-0.25, -0.2) is 0 Å². The van der Waals surface area contributed by atoms with E-state index in [4.69, 9.17) is 39.5 Å². The molecular weight excluding hydrogens is 575 g/mol. The van der Waals surface area contributed by atoms with Crippen LogP contribution < -0.4 is 15.4 Å². The number of carbonyl (C=O) groups excluding carboxylic acids is 2. The number of halogens is 3. The molecule has 5 nitrogen and oxygen atoms in total. The van der Waals surface area contributed by atoms with E-state index in [1.54, 1.807) is 24.3 Å². The number of methoxy groups -OCH3 is 1. The van der Waals surface area contributed by atoms with E-state index in [0.29, 0.717) is 62.8 Å². The fourth-order valence-electron chi connectivity index (χ4n) is 5.04. The van der Waals surface area contributed by atoms with Gasteiger partial charge in [0.1, 0.15) is 4.88 Å². The van der Waals surface area contributed by atoms with Gasteiger partial charge in [-0.1, -0.05) is 83.3 Å². The lowest BCUT2D eigenvalue weighted by atomic mass is 9.72. The number of amides is 2. The lowest BCUT2D eigenvalue weighted by Crippen LogP contribution is -2.52. The molecule has 0 spiro atoms. The lowest BCUT2D eigenvalue weighted by molar-refractivity contribution is -0.126. The van der Waals surface area contributed by atoms with Crippen molar-refractivity contribution in [3.05, 3.63) is 98.3 Å². The second-order valence-corrected chi connectivity index (χ2v) is 11.6. The minimum atomic E-state index is -0.812. The zero-order valence-corrected chi connectivity index (χ0v) is 24.1. The van der Waals surface area contributed by atoms with Crippen molar-refractivity contribution in [1.82, 2.24) is 10.6 Å². The van der Waals surface area contributed by atoms with Gasteiger partial charge >= 0.3 is 0 Å². The van der Waals surface area contributed by atoms with E-state index in [1.165, 1.54) is 18.4 Å². The number of hydrogen-bond acceptors (Lipinski definition) is 5. The molecule has 0 radical (unpaired) electrons. The minimum Gasteiger partial charge on any atom is -0.494 e. The SMILES string of the molecule is COc1c(C(=O)NC(=O)C2(c3ccccc3)CCNCC2)sc(-c2ccc(Cl)cc2Cl)c1-c1ccc(Cl)cc1. The molecule has 0 bridgehead atoms. The maximum absolute atomic E-state index is 13.8. The fourth-order valence-corrected chi connectivity index (χ4v) is 6.95. The molecule has 1 aliphatic rings. The molecule has 1 aliphatic heterocycles. The molecule has 3 aromatic carbocycles. The molecule has 39 heavy (non-hydrogen) atoms. The van der Waals surface area contributed by atoms with Crippen molar-refractivity contribution in [3.63, 3.8) is 0 Å². The largest absolute Gasteiger partial charge is 0.494 e. The molecule has 0 aliphatic carbocycles. The van der Waals surface area contributed by atoms with Crippen LogP contribution in [0.15, 0.2) is 72.8 Å². The van der Waals surface area contributed by atoms with Crippen LogP contribution in [-0.2, 0) is 10.2 Å². The summed E-state index contributed by atoms with van der Waals surface area (Å²) in [5.74, 6) is -0.496. The van der Waals surface area contributed by atoms with Crippen molar-refractivity contribution in [2.75, 3.05) is 20.2 Å². The molecule has 1 fully saturated rings. The van der Waals surface area contributed by atoms with Crippen LogP contribution in [0.5, 0.6) is 5.75 Å². The third kappa shape index (κ3) is 5.45. The second-order valence-electron chi connectivity index (χ2n) is 9.28. The minimum absolute atomic E-state index is 0.272. The summed E-state index contributed by atoms with van der Waals surface area (Å²) in [4.78, 5) is 28.6. The number of benzene rings is 3. The van der Waals surface area contributed by atoms with Gasteiger partial charge in [0.25, 0.3) is 5.91 Å². The summed E-state index contributed by atoms with van der Waals surface area (Å²) in [5.41, 5.74) is 2.25. The summed E-state index contributed by atoms with van der Waals surface area (Å²) >= 11 is 20.1. The standard InChI is InChI=1S/C30H25Cl3N2O3S/c1-38-25-24(18-7-9-20(31)10-8-18)26(22-12-11-21(32)17-23(22)33)39-27(25)28(36)35-29(37)30(13-15-34-16-14-30)19-5-3-2-4-6-19/h2-12,17,34H,13-16H2,1H3,(H,35,36,37). The number of ether oxygens (including phenoxy) is 1. The number of imide groups is 1. The predicted molar refractivity (Wildman–Crippen MR) is 159 cm³/mol. The first-order valence-corrected chi connectivity index (χ1v) is 14.3. The van der Waals surface area contributed by atoms with Gasteiger partial charge in [0, 0.05) is 26.0 Å². The van der Waals surface area contributed by atoms with Crippen LogP contribution in [0.2, 0.25) is 15.1 Å². The summed E-state index contributed by atoms with van der Waals surface area (Å²) in [6.45, 7) is 1.36. The number of carbonyl (C=O) groups is 2. The summed E-state index contributed by atoms with van der Waals surface area (Å²) in [7, 11) is 1.51. The molecule has 2 heterocycles. The van der Waals surface area contributed by atoms with E-state index >= 15 is 0 Å². The number of nitrogens with one attached hydrogen (secondary N) is 2. The highest BCUT2D eigenvalue weighted by atomic mass is 35.5. The smallest absolute Gasteiger partial charge is 0.271 e. The van der Waals surface area contributed by atoms with Gasteiger partial charge < -0.3 is 10.1 Å². The molecule has 0 saturated carbocycles. The van der Waals surface area contributed by atoms with Crippen molar-refractivity contribution in [1.29, 1.82) is 0 Å². The molecular formula is C30H25Cl3N2O3S. The normalized spacial score (nSPS) is 14.6. The van der Waals surface area contributed by atoms with Gasteiger partial charge in [0.15, 0.2) is 5.75 Å². The molecule has 0 atom stereocenters. The maximum Gasteiger partial charge on any atom is 0.271 e. The highest BCUT2D eigenvalue weighted by Gasteiger charge is 2.42. The Morgan fingerprint density at radius 2 is 1.59 bits per heavy atom. The Kier molecular flexibility index (Phi) is 8.31. The molecule has 2 amide bonds. The van der Waals surface area contributed by atoms with Crippen molar-refractivity contribution >= 4 is 58.0 Å². The van der Waals surface area contributed by atoms with Crippen LogP contribution in [0.1, 0.15) is 28.1 Å². The third-order valence-electron chi connectivity index (χ3n) is 7.03. The molecule has 0 unspecified atom stereocenters. The lowest BCUT2D eigenvalue weighted by Gasteiger charge is -2.36. The second kappa shape index (κ2) is 11.7. The molecule has 1 saturated heterocycles. The number of hydrogen-bond donors (Lipinski definition) is 2. The molecule has 5 rings (SSSR count). The van der Waals surface area contributed by atoms with E-state index in [9.17, 15) is 9.59 Å². The van der Waals surface area contributed by atoms with Crippen LogP contribution in [0.3, 0.4) is 0 Å². The number of thiophene rings is 1. The summed E-state index contributed by atoms with van der Waals surface area (Å²) in [6.07, 6.45) is 1.17. The highest BCUT2D eigenvalue weighted by molar-refractivity contribution is 7.18. The average Bonchev–Trinajstić information content (AvgIpc) is 3.33. The first-order chi connectivity index (χ1) is 18.8. The number of piperidine rings is 1. The van der Waals surface area contributed by atoms with E-state index < -0.39 is 11.3 Å². The van der Waals surface area contributed by atoms with Gasteiger partial charge in [-0.05, 0) is 61.3 Å². The molecule has 9 heteroatoms. The first-order valence-electron chi connectivity index (χ1n) is 12.4. The van der Waals surface area contributed by atoms with Crippen LogP contribution in [-0.4, -0.2) is 32.0 Å². The van der Waals surface area contributed by atoms with E-state index in [2.05, 4.69) is 10.6 Å². The van der Waals surface area contributed by atoms with Crippen molar-refractivity contribution in [2.45, 2.75) is 18.3 Å². The average molecular weight is 600 g/mol. The van der Waals surface area contributed by atoms with Crippen molar-refractivity contribution < 1.29 is 14.3 Å². The summed E-state index contributed by atoms with van der Waals surface area (Å²) in [5, 5.41) is 7.53. The van der Waals surface area contributed by atoms with Gasteiger partial charge in [-0.15, -0.1) is 11.3 Å². The van der Waals surface area contributed by atoms with E-state index in [1.807, 2.05) is 48.5 Å². The van der Waals surface area contributed by atoms with Gasteiger partial charge in [0.2, 0.25) is 5.91 Å². The van der Waals surface area contributed by atoms with Crippen molar-refractivity contribution in [3.8, 4) is 27.3 Å². The zero-order valence-electron chi connectivity index (χ0n) is 21.0. The van der Waals surface area contributed by atoms with Gasteiger partial charge in [-0.3, -0.25) is 14.9 Å². The molecule has 2 N–H and O–H groups in total. The van der Waals surface area contributed by atoms with Crippen molar-refractivity contribution in [2.24, 2.45) is 0 Å².